The number of rotatable bonds is 19. The van der Waals surface area contributed by atoms with E-state index in [1.807, 2.05) is 0 Å². The summed E-state index contributed by atoms with van der Waals surface area (Å²) in [5.41, 5.74) is 27.8. The van der Waals surface area contributed by atoms with Crippen molar-refractivity contribution in [3.05, 3.63) is 102 Å². The average molecular weight is 1240 g/mol. The number of hydrogen-bond donors (Lipinski definition) is 2. The molecule has 2 N–H and O–H groups in total. The van der Waals surface area contributed by atoms with Gasteiger partial charge < -0.3 is 31.2 Å². The molecule has 10 heteroatoms. The fourth-order valence-electron chi connectivity index (χ4n) is 18.9. The van der Waals surface area contributed by atoms with Crippen LogP contribution in [-0.2, 0) is 71.1 Å². The van der Waals surface area contributed by atoms with Crippen LogP contribution in [0.1, 0.15) is 264 Å². The van der Waals surface area contributed by atoms with E-state index in [4.69, 9.17) is 30.6 Å². The molecule has 10 rings (SSSR count). The molecule has 448 valence electrons. The summed E-state index contributed by atoms with van der Waals surface area (Å²) in [6, 6.07) is 9.77. The van der Waals surface area contributed by atoms with Crippen molar-refractivity contribution in [1.82, 2.24) is 30.6 Å². The second-order valence-corrected chi connectivity index (χ2v) is 25.7. The van der Waals surface area contributed by atoms with Crippen LogP contribution in [0.4, 0.5) is 0 Å². The van der Waals surface area contributed by atoms with Crippen molar-refractivity contribution in [2.24, 2.45) is 29.6 Å². The molecule has 0 saturated carbocycles. The van der Waals surface area contributed by atoms with Crippen LogP contribution in [0.2, 0.25) is 0 Å². The molecule has 0 spiro atoms. The first kappa shape index (κ1) is 67.1. The molecule has 7 aliphatic heterocycles. The van der Waals surface area contributed by atoms with Gasteiger partial charge >= 0.3 is 39.0 Å². The summed E-state index contributed by atoms with van der Waals surface area (Å²) < 4.78 is 0. The minimum Gasteiger partial charge on any atom is -0.657 e. The molecule has 10 heterocycles. The molecule has 0 aromatic carbocycles. The van der Waals surface area contributed by atoms with Gasteiger partial charge in [-0.25, -0.2) is 9.97 Å². The smallest absolute Gasteiger partial charge is 0.657 e. The summed E-state index contributed by atoms with van der Waals surface area (Å²) >= 11 is 0. The number of fused-ring (bicyclic) bond motifs is 16. The first-order valence-corrected chi connectivity index (χ1v) is 34.4. The fourth-order valence-corrected chi connectivity index (χ4v) is 18.9. The van der Waals surface area contributed by atoms with Crippen molar-refractivity contribution in [3.8, 4) is 0 Å². The summed E-state index contributed by atoms with van der Waals surface area (Å²) in [6.07, 6.45) is 21.8. The topological polar surface area (TPSA) is 106 Å². The van der Waals surface area contributed by atoms with Gasteiger partial charge in [0, 0.05) is 24.2 Å². The third kappa shape index (κ3) is 11.8. The van der Waals surface area contributed by atoms with Crippen molar-refractivity contribution in [2.45, 2.75) is 294 Å². The molecule has 0 aliphatic carbocycles. The quantitative estimate of drug-likeness (QED) is 0.0915. The van der Waals surface area contributed by atoms with Gasteiger partial charge in [0.2, 0.25) is 0 Å². The molecule has 3 saturated heterocycles. The summed E-state index contributed by atoms with van der Waals surface area (Å²) in [7, 11) is 0. The van der Waals surface area contributed by atoms with E-state index in [2.05, 4.69) is 140 Å². The van der Waals surface area contributed by atoms with Gasteiger partial charge in [0.15, 0.2) is 0 Å². The van der Waals surface area contributed by atoms with Gasteiger partial charge in [0.1, 0.15) is 0 Å². The molecule has 3 fully saturated rings. The standard InChI is InChI=1S/C74H108N8.2Zn/c1-17-41-45(21-5)63-37-67-49(25-9)53(29-13)71(79-67)57(72-54(30-14)50(26-10)68(80-72)38-64-46(22-6)42(18-2)60(76-64)35-59(41)75-63)33-34-58-73-55(31-15)51(27-11)69(81-73)39-65-47(23-7)43(19-3)61(77-65)36-62-44(20-4)48(24-8)66(78-62)40-70-52(28-12)56(32-16)74(58)82-70;;/h35,37-38,43,47,52,56,58,61-62,65-66,69-70,73-74,78,81H,17-34,36,39-40H2,1-16H3;;/q-4;2*+2. The number of nitrogens with one attached hydrogen (secondary N) is 2. The average Bonchev–Trinajstić information content (AvgIpc) is 3.46. The van der Waals surface area contributed by atoms with Crippen LogP contribution < -0.4 is 20.6 Å². The second-order valence-electron chi connectivity index (χ2n) is 25.7. The normalized spacial score (nSPS) is 28.7. The van der Waals surface area contributed by atoms with Crippen molar-refractivity contribution in [3.63, 3.8) is 0 Å². The van der Waals surface area contributed by atoms with Gasteiger partial charge in [-0.1, -0.05) is 222 Å². The summed E-state index contributed by atoms with van der Waals surface area (Å²) in [5.74, 6) is 2.65. The third-order valence-electron chi connectivity index (χ3n) is 22.5. The Morgan fingerprint density at radius 1 is 0.381 bits per heavy atom. The maximum Gasteiger partial charge on any atom is 2.00 e. The van der Waals surface area contributed by atoms with E-state index in [1.165, 1.54) is 80.4 Å². The Bertz CT molecular complexity index is 2990. The fraction of sp³-hybridized carbons (Fsp3) is 0.676. The summed E-state index contributed by atoms with van der Waals surface area (Å²) in [6.45, 7) is 38.3. The van der Waals surface area contributed by atoms with E-state index >= 15 is 0 Å². The second kappa shape index (κ2) is 29.2. The van der Waals surface area contributed by atoms with Crippen LogP contribution in [0.25, 0.3) is 55.0 Å². The number of allylic oxidation sites excluding steroid dienone is 4. The largest absolute Gasteiger partial charge is 2.00 e. The SMILES string of the molecule is CCC1=C(CC)c2cc3[n-]c(c(CC)c3CC)c(CCC3C4NC(CC5[N-]C(CC6NC(CC7[N-]C3C(CC)C7CC)C(CC)=C6CC)C(CC)C5CC)C(CC)=C4CC)c3[n-]c(cc4nc(cc1n2)C(CC)=C4CC)c(CC)c3CC.[Zn+2].[Zn+2]. The molecule has 13 unspecified atom stereocenters. The van der Waals surface area contributed by atoms with Crippen molar-refractivity contribution < 1.29 is 39.0 Å². The van der Waals surface area contributed by atoms with Crippen LogP contribution in [0.3, 0.4) is 0 Å². The number of nitrogens with zero attached hydrogens (tertiary/aromatic N) is 6. The molecule has 84 heavy (non-hydrogen) atoms. The van der Waals surface area contributed by atoms with E-state index in [0.29, 0.717) is 65.8 Å². The maximum atomic E-state index is 6.37. The van der Waals surface area contributed by atoms with Crippen LogP contribution in [0, 0.1) is 29.6 Å². The zero-order valence-corrected chi connectivity index (χ0v) is 61.6. The van der Waals surface area contributed by atoms with Crippen molar-refractivity contribution in [2.75, 3.05) is 0 Å². The molecule has 3 aromatic rings. The summed E-state index contributed by atoms with van der Waals surface area (Å²) in [4.78, 5) is 23.1. The molecule has 0 radical (unpaired) electrons. The Morgan fingerprint density at radius 3 is 1.13 bits per heavy atom. The number of hydrogen-bond acceptors (Lipinski definition) is 4. The first-order chi connectivity index (χ1) is 39.9. The Balaban J connectivity index is 0.00000460. The molecular formula is C74H108N8Zn2. The maximum absolute atomic E-state index is 6.37. The van der Waals surface area contributed by atoms with E-state index in [1.54, 1.807) is 22.3 Å². The van der Waals surface area contributed by atoms with Gasteiger partial charge in [0.05, 0.1) is 22.8 Å². The molecule has 3 aromatic heterocycles. The van der Waals surface area contributed by atoms with Gasteiger partial charge in [0.25, 0.3) is 0 Å². The monoisotopic (exact) mass is 1240 g/mol. The number of aryl methyl sites for hydroxylation is 5. The molecule has 7 aliphatic rings. The third-order valence-corrected chi connectivity index (χ3v) is 22.5. The minimum absolute atomic E-state index is 0. The molecule has 0 amide bonds. The first-order valence-electron chi connectivity index (χ1n) is 34.4. The van der Waals surface area contributed by atoms with E-state index < -0.39 is 0 Å². The van der Waals surface area contributed by atoms with Crippen LogP contribution in [0.5, 0.6) is 0 Å². The molecule has 13 atom stereocenters. The minimum atomic E-state index is 0. The predicted molar refractivity (Wildman–Crippen MR) is 351 cm³/mol. The van der Waals surface area contributed by atoms with Gasteiger partial charge in [-0.15, -0.1) is 46.2 Å². The van der Waals surface area contributed by atoms with Gasteiger partial charge in [-0.05, 0) is 143 Å². The van der Waals surface area contributed by atoms with Gasteiger partial charge in [-0.2, -0.15) is 0 Å². The Kier molecular flexibility index (Phi) is 23.3. The van der Waals surface area contributed by atoms with Crippen LogP contribution in [-0.4, -0.2) is 58.3 Å². The molecular weight excluding hydrogens is 1130 g/mol. The Hall–Kier alpha value is -2.83. The Morgan fingerprint density at radius 2 is 0.750 bits per heavy atom. The van der Waals surface area contributed by atoms with Crippen LogP contribution >= 0.6 is 0 Å². The van der Waals surface area contributed by atoms with Crippen LogP contribution in [0.15, 0.2) is 40.5 Å². The molecule has 16 bridgehead atoms. The Labute approximate surface area is 535 Å². The molecule has 8 nitrogen and oxygen atoms in total. The summed E-state index contributed by atoms with van der Waals surface area (Å²) in [5, 5.41) is 21.4. The zero-order chi connectivity index (χ0) is 58.3. The zero-order valence-electron chi connectivity index (χ0n) is 55.7. The number of aromatic nitrogens is 4. The van der Waals surface area contributed by atoms with Crippen molar-refractivity contribution in [1.29, 1.82) is 0 Å². The predicted octanol–water partition coefficient (Wildman–Crippen LogP) is 18.3. The van der Waals surface area contributed by atoms with E-state index in [9.17, 15) is 0 Å². The van der Waals surface area contributed by atoms with Crippen molar-refractivity contribution >= 4 is 44.4 Å². The van der Waals surface area contributed by atoms with E-state index in [-0.39, 0.29) is 51.0 Å². The van der Waals surface area contributed by atoms with E-state index in [0.717, 1.165) is 149 Å². The van der Waals surface area contributed by atoms with Gasteiger partial charge in [-0.3, -0.25) is 0 Å².